The predicted molar refractivity (Wildman–Crippen MR) is 136 cm³/mol. The van der Waals surface area contributed by atoms with E-state index in [1.54, 1.807) is 0 Å². The quantitative estimate of drug-likeness (QED) is 0.268. The van der Waals surface area contributed by atoms with Gasteiger partial charge >= 0.3 is 0 Å². The van der Waals surface area contributed by atoms with Crippen LogP contribution in [0.1, 0.15) is 11.1 Å². The Hall–Kier alpha value is -2.75. The van der Waals surface area contributed by atoms with Crippen LogP contribution in [0.15, 0.2) is 109 Å². The van der Waals surface area contributed by atoms with Gasteiger partial charge in [0.2, 0.25) is 7.22 Å². The largest absolute Gasteiger partial charge is 0.399 e. The normalized spacial score (nSPS) is 11.4. The summed E-state index contributed by atoms with van der Waals surface area (Å²) in [5, 5.41) is 4.34. The van der Waals surface area contributed by atoms with E-state index in [1.165, 1.54) is 26.7 Å². The molecule has 1 nitrogen and oxygen atoms in total. The molecule has 0 saturated heterocycles. The Morgan fingerprint density at radius 1 is 0.667 bits per heavy atom. The Bertz CT molecular complexity index is 985. The molecule has 0 heterocycles. The van der Waals surface area contributed by atoms with Crippen LogP contribution in [0, 0.1) is 6.92 Å². The molecule has 0 atom stereocenters. The SMILES string of the molecule is Cc1cc(N)ccc1CCS[Si](c1ccccc1)(c1ccccc1)c1ccccc1. The van der Waals surface area contributed by atoms with Crippen LogP contribution in [0.2, 0.25) is 0 Å². The van der Waals surface area contributed by atoms with Gasteiger partial charge in [0.05, 0.1) is 0 Å². The van der Waals surface area contributed by atoms with Crippen LogP contribution in [0.3, 0.4) is 0 Å². The van der Waals surface area contributed by atoms with E-state index in [2.05, 4.69) is 121 Å². The Balaban J connectivity index is 1.76. The van der Waals surface area contributed by atoms with Crippen molar-refractivity contribution in [3.05, 3.63) is 120 Å². The minimum atomic E-state index is -2.21. The summed E-state index contributed by atoms with van der Waals surface area (Å²) in [5.41, 5.74) is 9.46. The summed E-state index contributed by atoms with van der Waals surface area (Å²) in [6.45, 7) is 2.16. The lowest BCUT2D eigenvalue weighted by Crippen LogP contribution is -2.65. The second kappa shape index (κ2) is 9.37. The Kier molecular flexibility index (Phi) is 6.41. The van der Waals surface area contributed by atoms with Gasteiger partial charge in [-0.2, -0.15) is 11.2 Å². The zero-order valence-electron chi connectivity index (χ0n) is 17.3. The van der Waals surface area contributed by atoms with Crippen molar-refractivity contribution in [1.29, 1.82) is 0 Å². The highest BCUT2D eigenvalue weighted by Crippen LogP contribution is 2.24. The number of benzene rings is 4. The molecule has 0 saturated carbocycles. The van der Waals surface area contributed by atoms with Crippen molar-refractivity contribution in [3.8, 4) is 0 Å². The fourth-order valence-electron chi connectivity index (χ4n) is 4.08. The molecule has 30 heavy (non-hydrogen) atoms. The summed E-state index contributed by atoms with van der Waals surface area (Å²) < 4.78 is 0. The van der Waals surface area contributed by atoms with Crippen molar-refractivity contribution in [1.82, 2.24) is 0 Å². The summed E-state index contributed by atoms with van der Waals surface area (Å²) in [4.78, 5) is 0. The second-order valence-corrected chi connectivity index (χ2v) is 14.1. The van der Waals surface area contributed by atoms with Gasteiger partial charge in [0.25, 0.3) is 0 Å². The molecule has 0 amide bonds. The van der Waals surface area contributed by atoms with Crippen LogP contribution in [0.4, 0.5) is 5.69 Å². The first-order valence-electron chi connectivity index (χ1n) is 10.4. The number of rotatable bonds is 7. The van der Waals surface area contributed by atoms with E-state index in [4.69, 9.17) is 5.73 Å². The maximum atomic E-state index is 5.96. The highest BCUT2D eigenvalue weighted by molar-refractivity contribution is 8.33. The van der Waals surface area contributed by atoms with Crippen LogP contribution < -0.4 is 21.3 Å². The third-order valence-electron chi connectivity index (χ3n) is 5.60. The van der Waals surface area contributed by atoms with Gasteiger partial charge in [-0.3, -0.25) is 0 Å². The lowest BCUT2D eigenvalue weighted by Gasteiger charge is -2.33. The first kappa shape index (κ1) is 20.5. The summed E-state index contributed by atoms with van der Waals surface area (Å²) in [5.74, 6) is 1.07. The summed E-state index contributed by atoms with van der Waals surface area (Å²) >= 11 is 2.14. The lowest BCUT2D eigenvalue weighted by molar-refractivity contribution is 1.13. The third-order valence-corrected chi connectivity index (χ3v) is 13.9. The van der Waals surface area contributed by atoms with Gasteiger partial charge in [-0.1, -0.05) is 97.1 Å². The molecule has 0 spiro atoms. The fraction of sp³-hybridized carbons (Fsp3) is 0.111. The standard InChI is InChI=1S/C27H27NSSi/c1-22-21-24(28)18-17-23(22)19-20-29-30(25-11-5-2-6-12-25,26-13-7-3-8-14-26)27-15-9-4-10-16-27/h2-18,21H,19-20,28H2,1H3. The van der Waals surface area contributed by atoms with E-state index in [9.17, 15) is 0 Å². The third kappa shape index (κ3) is 4.23. The summed E-state index contributed by atoms with van der Waals surface area (Å²) in [6.07, 6.45) is 1.04. The van der Waals surface area contributed by atoms with Crippen LogP contribution >= 0.6 is 11.2 Å². The second-order valence-electron chi connectivity index (χ2n) is 7.56. The number of hydrogen-bond donors (Lipinski definition) is 1. The van der Waals surface area contributed by atoms with Gasteiger partial charge in [-0.05, 0) is 57.9 Å². The highest BCUT2D eigenvalue weighted by atomic mass is 32.4. The molecule has 0 unspecified atom stereocenters. The van der Waals surface area contributed by atoms with Gasteiger partial charge in [-0.25, -0.2) is 0 Å². The first-order chi connectivity index (χ1) is 14.7. The Morgan fingerprint density at radius 3 is 1.57 bits per heavy atom. The number of hydrogen-bond acceptors (Lipinski definition) is 2. The van der Waals surface area contributed by atoms with Crippen molar-refractivity contribution in [2.45, 2.75) is 13.3 Å². The highest BCUT2D eigenvalue weighted by Gasteiger charge is 2.39. The Labute approximate surface area is 184 Å². The van der Waals surface area contributed by atoms with Gasteiger partial charge in [0.15, 0.2) is 0 Å². The maximum absolute atomic E-state index is 5.96. The fourth-order valence-corrected chi connectivity index (χ4v) is 12.1. The topological polar surface area (TPSA) is 26.0 Å². The average Bonchev–Trinajstić information content (AvgIpc) is 2.80. The van der Waals surface area contributed by atoms with E-state index in [0.717, 1.165) is 17.9 Å². The molecule has 4 aromatic carbocycles. The van der Waals surface area contributed by atoms with Gasteiger partial charge in [0.1, 0.15) is 0 Å². The zero-order chi connectivity index (χ0) is 20.8. The first-order valence-corrected chi connectivity index (χ1v) is 14.1. The zero-order valence-corrected chi connectivity index (χ0v) is 19.1. The molecule has 0 bridgehead atoms. The minimum Gasteiger partial charge on any atom is -0.399 e. The summed E-state index contributed by atoms with van der Waals surface area (Å²) in [6, 6.07) is 39.5. The molecule has 150 valence electrons. The van der Waals surface area contributed by atoms with Gasteiger partial charge < -0.3 is 5.73 Å². The maximum Gasteiger partial charge on any atom is 0.209 e. The van der Waals surface area contributed by atoms with Crippen LogP contribution in [-0.2, 0) is 6.42 Å². The number of anilines is 1. The van der Waals surface area contributed by atoms with E-state index in [0.29, 0.717) is 0 Å². The molecule has 4 aromatic rings. The molecular weight excluding hydrogens is 398 g/mol. The molecule has 0 aliphatic rings. The van der Waals surface area contributed by atoms with E-state index >= 15 is 0 Å². The van der Waals surface area contributed by atoms with E-state index in [1.807, 2.05) is 6.07 Å². The minimum absolute atomic E-state index is 0.838. The molecule has 0 fully saturated rings. The summed E-state index contributed by atoms with van der Waals surface area (Å²) in [7, 11) is -2.21. The van der Waals surface area contributed by atoms with Crippen molar-refractivity contribution in [2.75, 3.05) is 11.5 Å². The lowest BCUT2D eigenvalue weighted by atomic mass is 10.1. The molecule has 2 N–H and O–H groups in total. The Morgan fingerprint density at radius 2 is 1.13 bits per heavy atom. The average molecular weight is 426 g/mol. The number of nitrogens with two attached hydrogens (primary N) is 1. The van der Waals surface area contributed by atoms with Crippen molar-refractivity contribution in [2.24, 2.45) is 0 Å². The van der Waals surface area contributed by atoms with E-state index in [-0.39, 0.29) is 0 Å². The van der Waals surface area contributed by atoms with Crippen molar-refractivity contribution < 1.29 is 0 Å². The van der Waals surface area contributed by atoms with Gasteiger partial charge in [-0.15, -0.1) is 0 Å². The van der Waals surface area contributed by atoms with Crippen LogP contribution in [0.25, 0.3) is 0 Å². The molecule has 0 aliphatic heterocycles. The molecule has 3 heteroatoms. The monoisotopic (exact) mass is 425 g/mol. The van der Waals surface area contributed by atoms with Crippen molar-refractivity contribution >= 4 is 39.7 Å². The molecular formula is C27H27NSSi. The van der Waals surface area contributed by atoms with Crippen LogP contribution in [0.5, 0.6) is 0 Å². The van der Waals surface area contributed by atoms with Gasteiger partial charge in [0, 0.05) is 5.69 Å². The molecule has 0 radical (unpaired) electrons. The van der Waals surface area contributed by atoms with Crippen LogP contribution in [-0.4, -0.2) is 13.0 Å². The predicted octanol–water partition coefficient (Wildman–Crippen LogP) is 4.52. The number of aryl methyl sites for hydroxylation is 2. The smallest absolute Gasteiger partial charge is 0.209 e. The van der Waals surface area contributed by atoms with E-state index < -0.39 is 7.22 Å². The van der Waals surface area contributed by atoms with Crippen molar-refractivity contribution in [3.63, 3.8) is 0 Å². The molecule has 0 aliphatic carbocycles. The molecule has 0 aromatic heterocycles. The molecule has 4 rings (SSSR count). The number of nitrogen functional groups attached to an aromatic ring is 1.